The van der Waals surface area contributed by atoms with E-state index < -0.39 is 5.97 Å². The smallest absolute Gasteiger partial charge is 0.305 e. The van der Waals surface area contributed by atoms with E-state index in [1.54, 1.807) is 0 Å². The van der Waals surface area contributed by atoms with Gasteiger partial charge in [-0.2, -0.15) is 0 Å². The topological polar surface area (TPSA) is 46.5 Å². The Bertz CT molecular complexity index is 135. The molecule has 3 nitrogen and oxygen atoms in total. The van der Waals surface area contributed by atoms with Crippen LogP contribution < -0.4 is 0 Å². The van der Waals surface area contributed by atoms with Crippen LogP contribution in [0.3, 0.4) is 0 Å². The highest BCUT2D eigenvalue weighted by Crippen LogP contribution is 1.76. The van der Waals surface area contributed by atoms with Crippen LogP contribution in [0.1, 0.15) is 20.3 Å². The molecule has 0 atom stereocenters. The number of aliphatic carboxylic acids is 1. The lowest BCUT2D eigenvalue weighted by Crippen LogP contribution is -1.99. The average molecular weight is 158 g/mol. The van der Waals surface area contributed by atoms with Crippen molar-refractivity contribution in [1.29, 1.82) is 0 Å². The second-order valence-electron chi connectivity index (χ2n) is 1.64. The molecule has 0 unspecified atom stereocenters. The molecule has 0 saturated heterocycles. The van der Waals surface area contributed by atoms with Gasteiger partial charge in [0.15, 0.2) is 0 Å². The summed E-state index contributed by atoms with van der Waals surface area (Å²) in [6.45, 7) is 3.94. The summed E-state index contributed by atoms with van der Waals surface area (Å²) in [5.41, 5.74) is 0. The molecular formula is C8H14O3. The van der Waals surface area contributed by atoms with E-state index in [4.69, 9.17) is 5.11 Å². The maximum atomic E-state index is 9.68. The number of hydrogen-bond donors (Lipinski definition) is 1. The minimum absolute atomic E-state index is 0.0938. The minimum atomic E-state index is -0.818. The first kappa shape index (κ1) is 12.6. The molecule has 3 heteroatoms. The van der Waals surface area contributed by atoms with Gasteiger partial charge in [0.2, 0.25) is 0 Å². The molecule has 0 aliphatic carbocycles. The molecule has 0 rings (SSSR count). The Kier molecular flexibility index (Phi) is 13.5. The van der Waals surface area contributed by atoms with Crippen LogP contribution in [-0.4, -0.2) is 24.8 Å². The van der Waals surface area contributed by atoms with E-state index in [0.29, 0.717) is 6.61 Å². The van der Waals surface area contributed by atoms with Crippen molar-refractivity contribution in [1.82, 2.24) is 0 Å². The highest BCUT2D eigenvalue weighted by molar-refractivity contribution is 5.66. The molecule has 11 heavy (non-hydrogen) atoms. The van der Waals surface area contributed by atoms with Crippen LogP contribution in [0.25, 0.3) is 0 Å². The number of carboxylic acid groups (broad SMARTS) is 1. The van der Waals surface area contributed by atoms with E-state index in [1.165, 1.54) is 7.11 Å². The number of hydrogen-bond acceptors (Lipinski definition) is 2. The summed E-state index contributed by atoms with van der Waals surface area (Å²) in [6, 6.07) is 0. The van der Waals surface area contributed by atoms with E-state index in [0.717, 1.165) is 0 Å². The zero-order valence-corrected chi connectivity index (χ0v) is 7.18. The zero-order chi connectivity index (χ0) is 9.11. The molecule has 0 spiro atoms. The third-order valence-electron chi connectivity index (χ3n) is 0.770. The summed E-state index contributed by atoms with van der Waals surface area (Å²) in [5.74, 6) is 4.54. The van der Waals surface area contributed by atoms with E-state index >= 15 is 0 Å². The highest BCUT2D eigenvalue weighted by Gasteiger charge is 1.91. The van der Waals surface area contributed by atoms with Crippen LogP contribution in [0.2, 0.25) is 0 Å². The fourth-order valence-corrected chi connectivity index (χ4v) is 0.189. The van der Waals surface area contributed by atoms with Crippen LogP contribution in [0.4, 0.5) is 0 Å². The van der Waals surface area contributed by atoms with E-state index in [-0.39, 0.29) is 6.42 Å². The first-order chi connectivity index (χ1) is 5.18. The van der Waals surface area contributed by atoms with Gasteiger partial charge in [-0.1, -0.05) is 0 Å². The van der Waals surface area contributed by atoms with Crippen molar-refractivity contribution >= 4 is 5.97 Å². The van der Waals surface area contributed by atoms with Crippen molar-refractivity contribution in [3.63, 3.8) is 0 Å². The van der Waals surface area contributed by atoms with Gasteiger partial charge < -0.3 is 9.84 Å². The fraction of sp³-hybridized carbons (Fsp3) is 0.625. The molecule has 0 aromatic heterocycles. The second kappa shape index (κ2) is 11.7. The summed E-state index contributed by atoms with van der Waals surface area (Å²) in [7, 11) is 1.48. The Balaban J connectivity index is 0. The molecule has 0 heterocycles. The van der Waals surface area contributed by atoms with E-state index in [2.05, 4.69) is 16.6 Å². The Morgan fingerprint density at radius 1 is 1.45 bits per heavy atom. The summed E-state index contributed by atoms with van der Waals surface area (Å²) in [6.07, 6.45) is 0.0938. The third kappa shape index (κ3) is 27.6. The minimum Gasteiger partial charge on any atom is -0.481 e. The van der Waals surface area contributed by atoms with Crippen LogP contribution in [-0.2, 0) is 9.53 Å². The predicted octanol–water partition coefficient (Wildman–Crippen LogP) is 1.14. The van der Waals surface area contributed by atoms with Gasteiger partial charge in [0.25, 0.3) is 0 Å². The first-order valence-electron chi connectivity index (χ1n) is 3.23. The Hall–Kier alpha value is -1.01. The number of methoxy groups -OCH3 is 1. The summed E-state index contributed by atoms with van der Waals surface area (Å²) < 4.78 is 4.47. The van der Waals surface area contributed by atoms with Crippen molar-refractivity contribution in [2.75, 3.05) is 13.7 Å². The highest BCUT2D eigenvalue weighted by atomic mass is 16.5. The van der Waals surface area contributed by atoms with Crippen molar-refractivity contribution in [3.8, 4) is 11.8 Å². The molecule has 0 fully saturated rings. The lowest BCUT2D eigenvalue weighted by Gasteiger charge is -1.88. The number of ether oxygens (including phenoxy) is 1. The largest absolute Gasteiger partial charge is 0.481 e. The van der Waals surface area contributed by atoms with Crippen LogP contribution in [0.5, 0.6) is 0 Å². The lowest BCUT2D eigenvalue weighted by molar-refractivity contribution is -0.137. The SMILES string of the molecule is CC#CC.COCCC(=O)O. The molecular weight excluding hydrogens is 144 g/mol. The van der Waals surface area contributed by atoms with E-state index in [9.17, 15) is 4.79 Å². The normalized spacial score (nSPS) is 6.82. The Morgan fingerprint density at radius 3 is 2.00 bits per heavy atom. The van der Waals surface area contributed by atoms with Crippen LogP contribution in [0, 0.1) is 11.8 Å². The molecule has 0 bridgehead atoms. The van der Waals surface area contributed by atoms with Gasteiger partial charge >= 0.3 is 5.97 Å². The molecule has 64 valence electrons. The molecule has 0 aliphatic heterocycles. The van der Waals surface area contributed by atoms with Gasteiger partial charge in [-0.05, 0) is 13.8 Å². The van der Waals surface area contributed by atoms with Crippen molar-refractivity contribution < 1.29 is 14.6 Å². The Morgan fingerprint density at radius 2 is 1.91 bits per heavy atom. The van der Waals surface area contributed by atoms with Gasteiger partial charge in [-0.3, -0.25) is 4.79 Å². The van der Waals surface area contributed by atoms with Gasteiger partial charge in [-0.25, -0.2) is 0 Å². The molecule has 1 N–H and O–H groups in total. The molecule has 0 radical (unpaired) electrons. The van der Waals surface area contributed by atoms with Gasteiger partial charge in [0, 0.05) is 7.11 Å². The van der Waals surface area contributed by atoms with Gasteiger partial charge in [0.05, 0.1) is 13.0 Å². The zero-order valence-electron chi connectivity index (χ0n) is 7.18. The molecule has 0 aromatic carbocycles. The van der Waals surface area contributed by atoms with E-state index in [1.807, 2.05) is 13.8 Å². The summed E-state index contributed by atoms with van der Waals surface area (Å²) in [5, 5.41) is 7.96. The van der Waals surface area contributed by atoms with Gasteiger partial charge in [0.1, 0.15) is 0 Å². The first-order valence-corrected chi connectivity index (χ1v) is 3.23. The molecule has 0 aromatic rings. The van der Waals surface area contributed by atoms with Crippen LogP contribution in [0.15, 0.2) is 0 Å². The Labute approximate surface area is 67.4 Å². The summed E-state index contributed by atoms with van der Waals surface area (Å²) in [4.78, 5) is 9.68. The average Bonchev–Trinajstić information content (AvgIpc) is 2.01. The van der Waals surface area contributed by atoms with Crippen molar-refractivity contribution in [2.45, 2.75) is 20.3 Å². The number of rotatable bonds is 3. The van der Waals surface area contributed by atoms with Crippen molar-refractivity contribution in [3.05, 3.63) is 0 Å². The maximum Gasteiger partial charge on any atom is 0.305 e. The monoisotopic (exact) mass is 158 g/mol. The van der Waals surface area contributed by atoms with Crippen molar-refractivity contribution in [2.24, 2.45) is 0 Å². The molecule has 0 saturated carbocycles. The standard InChI is InChI=1S/C4H8O3.C4H6/c1-7-3-2-4(5)6;1-3-4-2/h2-3H2,1H3,(H,5,6);1-2H3. The second-order valence-corrected chi connectivity index (χ2v) is 1.64. The molecule has 0 amide bonds. The third-order valence-corrected chi connectivity index (χ3v) is 0.770. The molecule has 0 aliphatic rings. The number of carboxylic acids is 1. The number of carbonyl (C=O) groups is 1. The quantitative estimate of drug-likeness (QED) is 0.626. The van der Waals surface area contributed by atoms with Gasteiger partial charge in [-0.15, -0.1) is 11.8 Å². The maximum absolute atomic E-state index is 9.68. The van der Waals surface area contributed by atoms with Crippen LogP contribution >= 0.6 is 0 Å². The predicted molar refractivity (Wildman–Crippen MR) is 43.3 cm³/mol. The fourth-order valence-electron chi connectivity index (χ4n) is 0.189. The lowest BCUT2D eigenvalue weighted by atomic mass is 10.5. The summed E-state index contributed by atoms with van der Waals surface area (Å²) >= 11 is 0.